The van der Waals surface area contributed by atoms with Gasteiger partial charge in [0.15, 0.2) is 0 Å². The predicted octanol–water partition coefficient (Wildman–Crippen LogP) is 2.37. The molecule has 2 rings (SSSR count). The summed E-state index contributed by atoms with van der Waals surface area (Å²) in [6.45, 7) is 7.84. The van der Waals surface area contributed by atoms with Crippen LogP contribution in [0.1, 0.15) is 31.1 Å². The van der Waals surface area contributed by atoms with Crippen molar-refractivity contribution in [2.24, 2.45) is 5.92 Å². The molecule has 1 aliphatic heterocycles. The van der Waals surface area contributed by atoms with Crippen LogP contribution in [0, 0.1) is 5.92 Å². The van der Waals surface area contributed by atoms with Gasteiger partial charge in [0.2, 0.25) is 5.91 Å². The normalized spacial score (nSPS) is 18.4. The molecule has 1 heterocycles. The molecule has 0 bridgehead atoms. The average molecular weight is 324 g/mol. The zero-order chi connectivity index (χ0) is 16.3. The highest BCUT2D eigenvalue weighted by Crippen LogP contribution is 2.23. The first-order valence-corrected chi connectivity index (χ1v) is 7.90. The quantitative estimate of drug-likeness (QED) is 0.897. The summed E-state index contributed by atoms with van der Waals surface area (Å²) in [6, 6.07) is 5.13. The number of rotatable bonds is 3. The van der Waals surface area contributed by atoms with E-state index in [1.54, 1.807) is 18.2 Å². The molecule has 1 aromatic rings. The van der Waals surface area contributed by atoms with Crippen molar-refractivity contribution in [3.8, 4) is 0 Å². The third kappa shape index (κ3) is 3.78. The predicted molar refractivity (Wildman–Crippen MR) is 88.3 cm³/mol. The Kier molecular flexibility index (Phi) is 5.42. The third-order valence-corrected chi connectivity index (χ3v) is 4.08. The molecule has 1 saturated heterocycles. The van der Waals surface area contributed by atoms with Crippen LogP contribution in [0.25, 0.3) is 0 Å². The number of benzene rings is 1. The van der Waals surface area contributed by atoms with Crippen molar-refractivity contribution in [1.29, 1.82) is 0 Å². The Balaban J connectivity index is 2.22. The maximum absolute atomic E-state index is 12.7. The molecule has 6 heteroatoms. The topological polar surface area (TPSA) is 61.4 Å². The van der Waals surface area contributed by atoms with E-state index in [0.29, 0.717) is 22.8 Å². The molecule has 0 spiro atoms. The number of hydrogen-bond acceptors (Lipinski definition) is 3. The molecule has 1 atom stereocenters. The molecule has 0 saturated carbocycles. The van der Waals surface area contributed by atoms with E-state index in [9.17, 15) is 9.59 Å². The monoisotopic (exact) mass is 323 g/mol. The van der Waals surface area contributed by atoms with E-state index < -0.39 is 0 Å². The molecule has 1 aromatic carbocycles. The molecular formula is C16H22ClN3O2. The minimum atomic E-state index is -0.122. The van der Waals surface area contributed by atoms with Crippen molar-refractivity contribution in [3.63, 3.8) is 0 Å². The molecule has 5 nitrogen and oxygen atoms in total. The van der Waals surface area contributed by atoms with Gasteiger partial charge in [0.25, 0.3) is 5.91 Å². The lowest BCUT2D eigenvalue weighted by Crippen LogP contribution is -2.52. The van der Waals surface area contributed by atoms with Crippen molar-refractivity contribution in [3.05, 3.63) is 28.8 Å². The second-order valence-corrected chi connectivity index (χ2v) is 6.30. The van der Waals surface area contributed by atoms with Gasteiger partial charge in [0.05, 0.1) is 10.6 Å². The highest BCUT2D eigenvalue weighted by Gasteiger charge is 2.25. The Morgan fingerprint density at radius 2 is 2.14 bits per heavy atom. The molecule has 0 aliphatic carbocycles. The van der Waals surface area contributed by atoms with Crippen molar-refractivity contribution in [2.75, 3.05) is 25.0 Å². The summed E-state index contributed by atoms with van der Waals surface area (Å²) >= 11 is 6.18. The summed E-state index contributed by atoms with van der Waals surface area (Å²) < 4.78 is 0. The van der Waals surface area contributed by atoms with E-state index in [4.69, 9.17) is 11.6 Å². The van der Waals surface area contributed by atoms with Crippen LogP contribution in [0.2, 0.25) is 5.02 Å². The largest absolute Gasteiger partial charge is 0.333 e. The fourth-order valence-corrected chi connectivity index (χ4v) is 2.55. The second-order valence-electron chi connectivity index (χ2n) is 5.89. The molecule has 0 radical (unpaired) electrons. The standard InChI is InChI=1S/C16H22ClN3O2/c1-10(2)15(21)19-12-4-5-14(17)13(8-12)16(22)20-7-6-18-9-11(20)3/h4-5,8,10-11,18H,6-7,9H2,1-3H3,(H,19,21)/t11-/m1/s1. The maximum Gasteiger partial charge on any atom is 0.255 e. The minimum absolute atomic E-state index is 0.0868. The van der Waals surface area contributed by atoms with Crippen LogP contribution in [0.4, 0.5) is 5.69 Å². The van der Waals surface area contributed by atoms with E-state index in [-0.39, 0.29) is 23.8 Å². The molecule has 120 valence electrons. The number of nitrogens with zero attached hydrogens (tertiary/aromatic N) is 1. The van der Waals surface area contributed by atoms with Crippen molar-refractivity contribution >= 4 is 29.1 Å². The number of piperazine rings is 1. The zero-order valence-electron chi connectivity index (χ0n) is 13.1. The van der Waals surface area contributed by atoms with Gasteiger partial charge in [-0.2, -0.15) is 0 Å². The highest BCUT2D eigenvalue weighted by molar-refractivity contribution is 6.34. The second kappa shape index (κ2) is 7.11. The van der Waals surface area contributed by atoms with E-state index in [0.717, 1.165) is 13.1 Å². The molecule has 1 aliphatic rings. The van der Waals surface area contributed by atoms with Crippen LogP contribution < -0.4 is 10.6 Å². The lowest BCUT2D eigenvalue weighted by Gasteiger charge is -2.34. The first kappa shape index (κ1) is 16.8. The van der Waals surface area contributed by atoms with E-state index in [1.807, 2.05) is 25.7 Å². The Labute approximate surface area is 136 Å². The SMILES string of the molecule is CC(C)C(=O)Nc1ccc(Cl)c(C(=O)N2CCNC[C@H]2C)c1. The van der Waals surface area contributed by atoms with Gasteiger partial charge in [-0.25, -0.2) is 0 Å². The number of amides is 2. The minimum Gasteiger partial charge on any atom is -0.333 e. The number of carbonyl (C=O) groups excluding carboxylic acids is 2. The van der Waals surface area contributed by atoms with Gasteiger partial charge in [-0.05, 0) is 25.1 Å². The summed E-state index contributed by atoms with van der Waals surface area (Å²) in [5.41, 5.74) is 1.02. The van der Waals surface area contributed by atoms with Gasteiger partial charge in [0, 0.05) is 37.3 Å². The van der Waals surface area contributed by atoms with Crippen molar-refractivity contribution in [2.45, 2.75) is 26.8 Å². The fourth-order valence-electron chi connectivity index (χ4n) is 2.35. The van der Waals surface area contributed by atoms with E-state index in [1.165, 1.54) is 0 Å². The van der Waals surface area contributed by atoms with Crippen LogP contribution >= 0.6 is 11.6 Å². The maximum atomic E-state index is 12.7. The average Bonchev–Trinajstić information content (AvgIpc) is 2.49. The van der Waals surface area contributed by atoms with Gasteiger partial charge in [0.1, 0.15) is 0 Å². The van der Waals surface area contributed by atoms with Gasteiger partial charge in [-0.1, -0.05) is 25.4 Å². The van der Waals surface area contributed by atoms with Gasteiger partial charge < -0.3 is 15.5 Å². The summed E-state index contributed by atoms with van der Waals surface area (Å²) in [5, 5.41) is 6.45. The zero-order valence-corrected chi connectivity index (χ0v) is 13.9. The van der Waals surface area contributed by atoms with Crippen LogP contribution in [-0.2, 0) is 4.79 Å². The Bertz CT molecular complexity index is 575. The number of hydrogen-bond donors (Lipinski definition) is 2. The molecule has 0 unspecified atom stereocenters. The lowest BCUT2D eigenvalue weighted by molar-refractivity contribution is -0.118. The molecule has 2 amide bonds. The van der Waals surface area contributed by atoms with Gasteiger partial charge in [-0.3, -0.25) is 9.59 Å². The van der Waals surface area contributed by atoms with Crippen LogP contribution in [0.5, 0.6) is 0 Å². The van der Waals surface area contributed by atoms with Gasteiger partial charge >= 0.3 is 0 Å². The number of nitrogens with one attached hydrogen (secondary N) is 2. The summed E-state index contributed by atoms with van der Waals surface area (Å²) in [5.74, 6) is -0.307. The summed E-state index contributed by atoms with van der Waals surface area (Å²) in [7, 11) is 0. The van der Waals surface area contributed by atoms with E-state index in [2.05, 4.69) is 10.6 Å². The van der Waals surface area contributed by atoms with Gasteiger partial charge in [-0.15, -0.1) is 0 Å². The molecule has 2 N–H and O–H groups in total. The Morgan fingerprint density at radius 1 is 1.41 bits per heavy atom. The van der Waals surface area contributed by atoms with Crippen molar-refractivity contribution in [1.82, 2.24) is 10.2 Å². The fraction of sp³-hybridized carbons (Fsp3) is 0.500. The first-order valence-electron chi connectivity index (χ1n) is 7.52. The van der Waals surface area contributed by atoms with Crippen LogP contribution in [-0.4, -0.2) is 42.4 Å². The smallest absolute Gasteiger partial charge is 0.255 e. The van der Waals surface area contributed by atoms with Crippen LogP contribution in [0.15, 0.2) is 18.2 Å². The molecule has 0 aromatic heterocycles. The Hall–Kier alpha value is -1.59. The number of halogens is 1. The lowest BCUT2D eigenvalue weighted by atomic mass is 10.1. The first-order chi connectivity index (χ1) is 10.4. The molecule has 1 fully saturated rings. The van der Waals surface area contributed by atoms with E-state index >= 15 is 0 Å². The summed E-state index contributed by atoms with van der Waals surface area (Å²) in [4.78, 5) is 26.3. The third-order valence-electron chi connectivity index (χ3n) is 3.75. The number of anilines is 1. The molecule has 22 heavy (non-hydrogen) atoms. The Morgan fingerprint density at radius 3 is 2.77 bits per heavy atom. The van der Waals surface area contributed by atoms with Crippen molar-refractivity contribution < 1.29 is 9.59 Å². The highest BCUT2D eigenvalue weighted by atomic mass is 35.5. The molecular weight excluding hydrogens is 302 g/mol. The summed E-state index contributed by atoms with van der Waals surface area (Å²) in [6.07, 6.45) is 0. The number of carbonyl (C=O) groups is 2. The van der Waals surface area contributed by atoms with Crippen LogP contribution in [0.3, 0.4) is 0 Å².